The lowest BCUT2D eigenvalue weighted by Gasteiger charge is -2.08. The Morgan fingerprint density at radius 2 is 1.11 bits per heavy atom. The van der Waals surface area contributed by atoms with Crippen molar-refractivity contribution in [3.05, 3.63) is 66.7 Å². The highest BCUT2D eigenvalue weighted by molar-refractivity contribution is 6.17. The van der Waals surface area contributed by atoms with E-state index in [1.165, 1.54) is 21.5 Å². The number of fused-ring (bicyclic) bond motifs is 5. The number of aromatic hydroxyl groups is 1. The minimum absolute atomic E-state index is 0.340. The number of phenols is 1. The van der Waals surface area contributed by atoms with E-state index >= 15 is 0 Å². The number of benzene rings is 4. The Morgan fingerprint density at radius 1 is 0.474 bits per heavy atom. The van der Waals surface area contributed by atoms with Crippen LogP contribution >= 0.6 is 0 Å². The number of hydrogen-bond acceptors (Lipinski definition) is 1. The normalized spacial score (nSPS) is 11.4. The summed E-state index contributed by atoms with van der Waals surface area (Å²) in [7, 11) is 0. The molecule has 0 fully saturated rings. The van der Waals surface area contributed by atoms with E-state index in [2.05, 4.69) is 48.5 Å². The van der Waals surface area contributed by atoms with Crippen LogP contribution in [0.4, 0.5) is 0 Å². The Balaban J connectivity index is 2.29. The first-order valence-electron chi connectivity index (χ1n) is 6.37. The van der Waals surface area contributed by atoms with Gasteiger partial charge >= 0.3 is 0 Å². The van der Waals surface area contributed by atoms with Gasteiger partial charge in [0.1, 0.15) is 5.75 Å². The molecule has 0 aromatic heterocycles. The molecular weight excluding hydrogens is 232 g/mol. The molecule has 0 aliphatic rings. The molecule has 1 nitrogen and oxygen atoms in total. The molecule has 4 aromatic rings. The van der Waals surface area contributed by atoms with Gasteiger partial charge in [0, 0.05) is 5.39 Å². The summed E-state index contributed by atoms with van der Waals surface area (Å²) in [5.41, 5.74) is 0. The van der Waals surface area contributed by atoms with Crippen molar-refractivity contribution < 1.29 is 5.11 Å². The first-order valence-corrected chi connectivity index (χ1v) is 6.37. The van der Waals surface area contributed by atoms with Crippen LogP contribution in [0.25, 0.3) is 32.3 Å². The molecule has 0 atom stereocenters. The minimum Gasteiger partial charge on any atom is -0.507 e. The Kier molecular flexibility index (Phi) is 2.04. The van der Waals surface area contributed by atoms with E-state index in [1.807, 2.05) is 12.1 Å². The van der Waals surface area contributed by atoms with Crippen LogP contribution in [-0.4, -0.2) is 5.11 Å². The molecule has 0 aliphatic heterocycles. The van der Waals surface area contributed by atoms with Crippen LogP contribution < -0.4 is 0 Å². The first kappa shape index (κ1) is 10.4. The van der Waals surface area contributed by atoms with Crippen molar-refractivity contribution in [3.8, 4) is 5.75 Å². The molecule has 0 amide bonds. The molecular formula is C18H12O. The lowest BCUT2D eigenvalue weighted by molar-refractivity contribution is 0.481. The van der Waals surface area contributed by atoms with Crippen molar-refractivity contribution in [1.29, 1.82) is 0 Å². The summed E-state index contributed by atoms with van der Waals surface area (Å²) in [5, 5.41) is 16.9. The molecule has 19 heavy (non-hydrogen) atoms. The molecule has 4 rings (SSSR count). The van der Waals surface area contributed by atoms with Gasteiger partial charge in [-0.1, -0.05) is 60.7 Å². The maximum atomic E-state index is 9.94. The van der Waals surface area contributed by atoms with Gasteiger partial charge in [-0.2, -0.15) is 0 Å². The van der Waals surface area contributed by atoms with Crippen molar-refractivity contribution in [1.82, 2.24) is 0 Å². The molecule has 1 N–H and O–H groups in total. The van der Waals surface area contributed by atoms with Gasteiger partial charge in [-0.15, -0.1) is 0 Å². The quantitative estimate of drug-likeness (QED) is 0.438. The maximum Gasteiger partial charge on any atom is 0.123 e. The Morgan fingerprint density at radius 3 is 2.05 bits per heavy atom. The highest BCUT2D eigenvalue weighted by atomic mass is 16.3. The summed E-state index contributed by atoms with van der Waals surface area (Å²) in [6, 6.07) is 22.5. The van der Waals surface area contributed by atoms with Crippen LogP contribution in [0.1, 0.15) is 0 Å². The summed E-state index contributed by atoms with van der Waals surface area (Å²) >= 11 is 0. The SMILES string of the molecule is Oc1cccc2c1ccc1c3ccccc3ccc21. The lowest BCUT2D eigenvalue weighted by atomic mass is 9.97. The van der Waals surface area contributed by atoms with E-state index in [4.69, 9.17) is 0 Å². The fourth-order valence-electron chi connectivity index (χ4n) is 2.84. The average Bonchev–Trinajstić information content (AvgIpc) is 2.47. The predicted molar refractivity (Wildman–Crippen MR) is 80.6 cm³/mol. The monoisotopic (exact) mass is 244 g/mol. The van der Waals surface area contributed by atoms with Gasteiger partial charge in [-0.3, -0.25) is 0 Å². The summed E-state index contributed by atoms with van der Waals surface area (Å²) in [6.07, 6.45) is 0. The zero-order chi connectivity index (χ0) is 12.8. The number of rotatable bonds is 0. The fourth-order valence-corrected chi connectivity index (χ4v) is 2.84. The molecule has 0 bridgehead atoms. The smallest absolute Gasteiger partial charge is 0.123 e. The van der Waals surface area contributed by atoms with Crippen LogP contribution in [0.5, 0.6) is 5.75 Å². The third-order valence-electron chi connectivity index (χ3n) is 3.76. The molecule has 0 heterocycles. The fraction of sp³-hybridized carbons (Fsp3) is 0. The summed E-state index contributed by atoms with van der Waals surface area (Å²) in [4.78, 5) is 0. The van der Waals surface area contributed by atoms with E-state index in [-0.39, 0.29) is 0 Å². The molecule has 0 saturated carbocycles. The minimum atomic E-state index is 0.340. The molecule has 0 spiro atoms. The molecule has 0 saturated heterocycles. The Bertz CT molecular complexity index is 922. The van der Waals surface area contributed by atoms with E-state index < -0.39 is 0 Å². The van der Waals surface area contributed by atoms with Gasteiger partial charge in [0.05, 0.1) is 0 Å². The average molecular weight is 244 g/mol. The van der Waals surface area contributed by atoms with E-state index in [0.29, 0.717) is 5.75 Å². The van der Waals surface area contributed by atoms with Crippen LogP contribution in [0.15, 0.2) is 66.7 Å². The molecule has 90 valence electrons. The summed E-state index contributed by atoms with van der Waals surface area (Å²) in [5.74, 6) is 0.340. The van der Waals surface area contributed by atoms with Crippen LogP contribution in [0.3, 0.4) is 0 Å². The van der Waals surface area contributed by atoms with E-state index in [0.717, 1.165) is 10.8 Å². The van der Waals surface area contributed by atoms with Crippen molar-refractivity contribution in [2.24, 2.45) is 0 Å². The topological polar surface area (TPSA) is 20.2 Å². The summed E-state index contributed by atoms with van der Waals surface area (Å²) < 4.78 is 0. The van der Waals surface area contributed by atoms with E-state index in [1.54, 1.807) is 6.07 Å². The third kappa shape index (κ3) is 1.42. The molecule has 0 aliphatic carbocycles. The molecule has 1 heteroatoms. The zero-order valence-electron chi connectivity index (χ0n) is 10.3. The van der Waals surface area contributed by atoms with Crippen molar-refractivity contribution in [2.75, 3.05) is 0 Å². The van der Waals surface area contributed by atoms with Crippen LogP contribution in [-0.2, 0) is 0 Å². The van der Waals surface area contributed by atoms with Crippen molar-refractivity contribution in [2.45, 2.75) is 0 Å². The van der Waals surface area contributed by atoms with Crippen LogP contribution in [0, 0.1) is 0 Å². The first-order chi connectivity index (χ1) is 9.34. The molecule has 4 aromatic carbocycles. The van der Waals surface area contributed by atoms with Crippen molar-refractivity contribution >= 4 is 32.3 Å². The van der Waals surface area contributed by atoms with Crippen LogP contribution in [0.2, 0.25) is 0 Å². The standard InChI is InChI=1S/C18H12O/c19-18-7-3-6-14-16-9-8-12-4-1-2-5-13(12)15(16)10-11-17(14)18/h1-11,19H. The second-order valence-electron chi connectivity index (χ2n) is 4.82. The Hall–Kier alpha value is -2.54. The summed E-state index contributed by atoms with van der Waals surface area (Å²) in [6.45, 7) is 0. The molecule has 0 unspecified atom stereocenters. The number of phenolic OH excluding ortho intramolecular Hbond substituents is 1. The maximum absolute atomic E-state index is 9.94. The van der Waals surface area contributed by atoms with Gasteiger partial charge in [0.15, 0.2) is 0 Å². The second kappa shape index (κ2) is 3.72. The largest absolute Gasteiger partial charge is 0.507 e. The Labute approximate surface area is 110 Å². The highest BCUT2D eigenvalue weighted by Crippen LogP contribution is 2.34. The lowest BCUT2D eigenvalue weighted by Crippen LogP contribution is -1.80. The van der Waals surface area contributed by atoms with Gasteiger partial charge in [0.2, 0.25) is 0 Å². The van der Waals surface area contributed by atoms with Gasteiger partial charge in [0.25, 0.3) is 0 Å². The zero-order valence-corrected chi connectivity index (χ0v) is 10.3. The second-order valence-corrected chi connectivity index (χ2v) is 4.82. The molecule has 0 radical (unpaired) electrons. The highest BCUT2D eigenvalue weighted by Gasteiger charge is 2.06. The predicted octanol–water partition coefficient (Wildman–Crippen LogP) is 4.85. The van der Waals surface area contributed by atoms with Gasteiger partial charge < -0.3 is 5.11 Å². The van der Waals surface area contributed by atoms with E-state index in [9.17, 15) is 5.11 Å². The third-order valence-corrected chi connectivity index (χ3v) is 3.76. The van der Waals surface area contributed by atoms with Gasteiger partial charge in [-0.25, -0.2) is 0 Å². The van der Waals surface area contributed by atoms with Crippen molar-refractivity contribution in [3.63, 3.8) is 0 Å². The number of hydrogen-bond donors (Lipinski definition) is 1. The van der Waals surface area contributed by atoms with Gasteiger partial charge in [-0.05, 0) is 33.0 Å².